The minimum Gasteiger partial charge on any atom is -0.542 e. The van der Waals surface area contributed by atoms with E-state index in [-0.39, 0.29) is 17.0 Å². The first-order valence-corrected chi connectivity index (χ1v) is 9.77. The van der Waals surface area contributed by atoms with E-state index in [2.05, 4.69) is 0 Å². The van der Waals surface area contributed by atoms with Crippen molar-refractivity contribution in [3.05, 3.63) is 41.4 Å². The van der Waals surface area contributed by atoms with Crippen molar-refractivity contribution in [1.29, 1.82) is 0 Å². The molecule has 116 valence electrons. The monoisotopic (exact) mass is 310 g/mol. The number of hydrogen-bond acceptors (Lipinski definition) is 2. The smallest absolute Gasteiger partial charge is 0.370 e. The topological polar surface area (TPSA) is 46.5 Å². The van der Waals surface area contributed by atoms with Gasteiger partial charge in [0.05, 0.1) is 0 Å². The summed E-state index contributed by atoms with van der Waals surface area (Å²) in [6.07, 6.45) is 0.543. The van der Waals surface area contributed by atoms with E-state index < -0.39 is 15.0 Å². The van der Waals surface area contributed by atoms with Gasteiger partial charge in [-0.15, -0.1) is 0 Å². The molecule has 0 saturated heterocycles. The first-order chi connectivity index (χ1) is 9.60. The number of hydrogen-bond donors (Lipinski definition) is 1. The van der Waals surface area contributed by atoms with E-state index in [0.717, 1.165) is 0 Å². The molecule has 0 spiro atoms. The zero-order chi connectivity index (χ0) is 16.2. The summed E-state index contributed by atoms with van der Waals surface area (Å²) in [6.45, 7) is 9.93. The van der Waals surface area contributed by atoms with Crippen molar-refractivity contribution in [2.45, 2.75) is 40.3 Å². The van der Waals surface area contributed by atoms with Crippen LogP contribution in [0, 0.1) is 11.2 Å². The zero-order valence-electron chi connectivity index (χ0n) is 13.2. The van der Waals surface area contributed by atoms with Gasteiger partial charge >= 0.3 is 5.97 Å². The molecule has 0 heterocycles. The van der Waals surface area contributed by atoms with Crippen molar-refractivity contribution >= 4 is 20.6 Å². The predicted molar refractivity (Wildman–Crippen MR) is 85.0 cm³/mol. The molecule has 0 fully saturated rings. The van der Waals surface area contributed by atoms with Crippen LogP contribution in [0.25, 0.3) is 5.57 Å². The molecule has 1 aromatic rings. The van der Waals surface area contributed by atoms with Crippen LogP contribution in [0.3, 0.4) is 0 Å². The Balaban J connectivity index is 3.40. The third-order valence-corrected chi connectivity index (χ3v) is 3.43. The standard InChI is InChI=1S/C16H23FO3Si/c1-16(2,3)10-13(11-6-8-12(17)9-7-11)14(15(18)19)20-21(4)5/h6-9,21H,10H2,1-5H3,(H,18,19). The maximum atomic E-state index is 13.1. The van der Waals surface area contributed by atoms with Crippen LogP contribution in [0.2, 0.25) is 13.1 Å². The van der Waals surface area contributed by atoms with Crippen molar-refractivity contribution < 1.29 is 18.7 Å². The fourth-order valence-corrected chi connectivity index (χ4v) is 2.70. The van der Waals surface area contributed by atoms with Gasteiger partial charge in [0.15, 0.2) is 5.76 Å². The maximum Gasteiger partial charge on any atom is 0.370 e. The van der Waals surface area contributed by atoms with Gasteiger partial charge in [-0.25, -0.2) is 9.18 Å². The zero-order valence-corrected chi connectivity index (χ0v) is 14.4. The van der Waals surface area contributed by atoms with Crippen LogP contribution in [0.4, 0.5) is 4.39 Å². The average molecular weight is 310 g/mol. The van der Waals surface area contributed by atoms with E-state index in [0.29, 0.717) is 17.6 Å². The largest absolute Gasteiger partial charge is 0.542 e. The van der Waals surface area contributed by atoms with Crippen LogP contribution in [0.1, 0.15) is 32.8 Å². The van der Waals surface area contributed by atoms with Gasteiger partial charge in [0.25, 0.3) is 0 Å². The molecule has 5 heteroatoms. The normalized spacial score (nSPS) is 13.1. The Hall–Kier alpha value is -1.62. The Kier molecular flexibility index (Phi) is 5.72. The minimum absolute atomic E-state index is 0.00167. The van der Waals surface area contributed by atoms with Crippen molar-refractivity contribution in [2.24, 2.45) is 5.41 Å². The van der Waals surface area contributed by atoms with Gasteiger partial charge in [-0.3, -0.25) is 0 Å². The Bertz CT molecular complexity index is 527. The third-order valence-electron chi connectivity index (χ3n) is 2.72. The number of allylic oxidation sites excluding steroid dienone is 1. The van der Waals surface area contributed by atoms with E-state index in [1.54, 1.807) is 12.1 Å². The van der Waals surface area contributed by atoms with E-state index >= 15 is 0 Å². The lowest BCUT2D eigenvalue weighted by atomic mass is 9.84. The van der Waals surface area contributed by atoms with Gasteiger partial charge in [-0.05, 0) is 42.6 Å². The van der Waals surface area contributed by atoms with Crippen molar-refractivity contribution in [3.63, 3.8) is 0 Å². The SMILES string of the molecule is C[SiH](C)OC(C(=O)O)=C(CC(C)(C)C)c1ccc(F)cc1. The predicted octanol–water partition coefficient (Wildman–Crippen LogP) is 4.06. The number of carbonyl (C=O) groups is 1. The Labute approximate surface area is 127 Å². The summed E-state index contributed by atoms with van der Waals surface area (Å²) in [7, 11) is -1.55. The summed E-state index contributed by atoms with van der Waals surface area (Å²) in [4.78, 5) is 11.6. The van der Waals surface area contributed by atoms with Crippen molar-refractivity contribution in [2.75, 3.05) is 0 Å². The molecule has 0 atom stereocenters. The Morgan fingerprint density at radius 1 is 1.24 bits per heavy atom. The molecule has 0 aliphatic heterocycles. The summed E-state index contributed by atoms with van der Waals surface area (Å²) in [6, 6.07) is 5.88. The van der Waals surface area contributed by atoms with Gasteiger partial charge in [-0.1, -0.05) is 32.9 Å². The van der Waals surface area contributed by atoms with E-state index in [1.807, 2.05) is 33.9 Å². The molecule has 21 heavy (non-hydrogen) atoms. The summed E-state index contributed by atoms with van der Waals surface area (Å²) in [5.41, 5.74) is 1.21. The fraction of sp³-hybridized carbons (Fsp3) is 0.438. The molecular formula is C16H23FO3Si. The summed E-state index contributed by atoms with van der Waals surface area (Å²) in [5.74, 6) is -1.41. The van der Waals surface area contributed by atoms with E-state index in [1.165, 1.54) is 12.1 Å². The number of carboxylic acid groups (broad SMARTS) is 1. The Morgan fingerprint density at radius 2 is 1.76 bits per heavy atom. The second-order valence-electron chi connectivity index (χ2n) is 6.52. The molecule has 0 bridgehead atoms. The lowest BCUT2D eigenvalue weighted by molar-refractivity contribution is -0.135. The van der Waals surface area contributed by atoms with Gasteiger partial charge in [0, 0.05) is 5.57 Å². The molecule has 0 aliphatic carbocycles. The number of carboxylic acids is 1. The lowest BCUT2D eigenvalue weighted by Crippen LogP contribution is -2.18. The summed E-state index contributed by atoms with van der Waals surface area (Å²) in [5, 5.41) is 9.47. The van der Waals surface area contributed by atoms with Crippen molar-refractivity contribution in [3.8, 4) is 0 Å². The molecule has 1 rings (SSSR count). The molecule has 0 aromatic heterocycles. The third kappa shape index (κ3) is 5.71. The van der Waals surface area contributed by atoms with Crippen LogP contribution in [-0.2, 0) is 9.22 Å². The molecule has 0 radical (unpaired) electrons. The molecular weight excluding hydrogens is 287 g/mol. The second-order valence-corrected chi connectivity index (χ2v) is 8.86. The highest BCUT2D eigenvalue weighted by Gasteiger charge is 2.23. The molecule has 0 saturated carbocycles. The second kappa shape index (κ2) is 6.89. The van der Waals surface area contributed by atoms with Crippen LogP contribution >= 0.6 is 0 Å². The van der Waals surface area contributed by atoms with Gasteiger partial charge in [-0.2, -0.15) is 0 Å². The fourth-order valence-electron chi connectivity index (χ4n) is 1.98. The Morgan fingerprint density at radius 3 is 2.14 bits per heavy atom. The molecule has 1 N–H and O–H groups in total. The number of aliphatic carboxylic acids is 1. The molecule has 0 unspecified atom stereocenters. The molecule has 3 nitrogen and oxygen atoms in total. The molecule has 0 aliphatic rings. The van der Waals surface area contributed by atoms with E-state index in [9.17, 15) is 14.3 Å². The molecule has 1 aromatic carbocycles. The maximum absolute atomic E-state index is 13.1. The summed E-state index contributed by atoms with van der Waals surface area (Å²) >= 11 is 0. The highest BCUT2D eigenvalue weighted by molar-refractivity contribution is 6.49. The van der Waals surface area contributed by atoms with Crippen molar-refractivity contribution in [1.82, 2.24) is 0 Å². The van der Waals surface area contributed by atoms with Crippen LogP contribution in [0.15, 0.2) is 30.0 Å². The van der Waals surface area contributed by atoms with Crippen LogP contribution < -0.4 is 0 Å². The highest BCUT2D eigenvalue weighted by Crippen LogP contribution is 2.33. The average Bonchev–Trinajstić information content (AvgIpc) is 2.33. The van der Waals surface area contributed by atoms with Gasteiger partial charge in [0.1, 0.15) is 5.82 Å². The first kappa shape index (κ1) is 17.4. The lowest BCUT2D eigenvalue weighted by Gasteiger charge is -2.23. The highest BCUT2D eigenvalue weighted by atomic mass is 28.3. The molecule has 0 amide bonds. The number of benzene rings is 1. The van der Waals surface area contributed by atoms with Gasteiger partial charge in [0.2, 0.25) is 9.04 Å². The first-order valence-electron chi connectivity index (χ1n) is 6.99. The van der Waals surface area contributed by atoms with Crippen LogP contribution in [0.5, 0.6) is 0 Å². The van der Waals surface area contributed by atoms with Crippen LogP contribution in [-0.4, -0.2) is 20.1 Å². The number of halogens is 1. The minimum atomic E-state index is -1.55. The van der Waals surface area contributed by atoms with E-state index in [4.69, 9.17) is 4.43 Å². The number of rotatable bonds is 5. The van der Waals surface area contributed by atoms with Gasteiger partial charge < -0.3 is 9.53 Å². The summed E-state index contributed by atoms with van der Waals surface area (Å²) < 4.78 is 18.7. The quantitative estimate of drug-likeness (QED) is 0.507.